The molecule has 0 spiro atoms. The van der Waals surface area contributed by atoms with E-state index in [2.05, 4.69) is 15.5 Å². The maximum Gasteiger partial charge on any atom is 0.201 e. The van der Waals surface area contributed by atoms with Crippen molar-refractivity contribution in [1.29, 1.82) is 10.7 Å². The molecule has 0 aliphatic carbocycles. The van der Waals surface area contributed by atoms with E-state index >= 15 is 0 Å². The van der Waals surface area contributed by atoms with Crippen molar-refractivity contribution in [2.24, 2.45) is 10.8 Å². The average molecular weight is 356 g/mol. The SMILES string of the molecule is N#C/C(=N\Nc1ccccc1C=Cc1ccc2cccc(O)c2n1)C(=N)N. The zero-order chi connectivity index (χ0) is 19.2. The summed E-state index contributed by atoms with van der Waals surface area (Å²) in [5.74, 6) is -0.273. The van der Waals surface area contributed by atoms with Crippen LogP contribution in [0, 0.1) is 16.7 Å². The van der Waals surface area contributed by atoms with Crippen LogP contribution < -0.4 is 11.2 Å². The fourth-order valence-corrected chi connectivity index (χ4v) is 2.42. The molecule has 132 valence electrons. The number of rotatable bonds is 5. The summed E-state index contributed by atoms with van der Waals surface area (Å²) >= 11 is 0. The molecule has 0 aliphatic rings. The van der Waals surface area contributed by atoms with Crippen molar-refractivity contribution < 1.29 is 5.11 Å². The summed E-state index contributed by atoms with van der Waals surface area (Å²) in [7, 11) is 0. The number of fused-ring (bicyclic) bond motifs is 1. The molecule has 0 atom stereocenters. The van der Waals surface area contributed by atoms with Crippen molar-refractivity contribution >= 4 is 40.3 Å². The second-order valence-corrected chi connectivity index (χ2v) is 5.60. The normalized spacial score (nSPS) is 11.4. The lowest BCUT2D eigenvalue weighted by molar-refractivity contribution is 0.480. The molecule has 1 aromatic heterocycles. The number of pyridine rings is 1. The topological polar surface area (TPSA) is 131 Å². The van der Waals surface area contributed by atoms with Crippen molar-refractivity contribution in [2.45, 2.75) is 0 Å². The number of phenolic OH excluding ortho intramolecular Hbond substituents is 1. The van der Waals surface area contributed by atoms with Crippen LogP contribution in [0.1, 0.15) is 11.3 Å². The van der Waals surface area contributed by atoms with Crippen molar-refractivity contribution in [3.8, 4) is 11.8 Å². The third-order valence-corrected chi connectivity index (χ3v) is 3.76. The van der Waals surface area contributed by atoms with Crippen molar-refractivity contribution in [1.82, 2.24) is 4.98 Å². The van der Waals surface area contributed by atoms with E-state index in [0.717, 1.165) is 10.9 Å². The van der Waals surface area contributed by atoms with E-state index < -0.39 is 5.84 Å². The maximum atomic E-state index is 9.95. The Morgan fingerprint density at radius 3 is 2.74 bits per heavy atom. The first kappa shape index (κ1) is 17.6. The molecule has 7 nitrogen and oxygen atoms in total. The third-order valence-electron chi connectivity index (χ3n) is 3.76. The quantitative estimate of drug-likeness (QED) is 0.316. The van der Waals surface area contributed by atoms with E-state index in [9.17, 15) is 5.11 Å². The van der Waals surface area contributed by atoms with Gasteiger partial charge in [-0.1, -0.05) is 42.5 Å². The zero-order valence-electron chi connectivity index (χ0n) is 14.2. The number of nitrogens with zero attached hydrogens (tertiary/aromatic N) is 3. The van der Waals surface area contributed by atoms with Crippen LogP contribution in [0.3, 0.4) is 0 Å². The molecule has 0 aliphatic heterocycles. The Kier molecular flexibility index (Phi) is 5.10. The van der Waals surface area contributed by atoms with Gasteiger partial charge in [0.2, 0.25) is 5.71 Å². The summed E-state index contributed by atoms with van der Waals surface area (Å²) in [6, 6.07) is 18.1. The number of nitrogens with one attached hydrogen (secondary N) is 2. The van der Waals surface area contributed by atoms with Gasteiger partial charge in [-0.25, -0.2) is 4.98 Å². The van der Waals surface area contributed by atoms with Crippen molar-refractivity contribution in [2.75, 3.05) is 5.43 Å². The number of anilines is 1. The Bertz CT molecular complexity index is 1110. The first-order valence-corrected chi connectivity index (χ1v) is 8.02. The molecule has 5 N–H and O–H groups in total. The Morgan fingerprint density at radius 2 is 1.96 bits per heavy atom. The molecule has 0 radical (unpaired) electrons. The number of hydrazone groups is 1. The van der Waals surface area contributed by atoms with E-state index in [4.69, 9.17) is 16.4 Å². The average Bonchev–Trinajstić information content (AvgIpc) is 2.68. The van der Waals surface area contributed by atoms with Crippen LogP contribution in [0.4, 0.5) is 5.69 Å². The molecular weight excluding hydrogens is 340 g/mol. The molecule has 2 aromatic carbocycles. The first-order chi connectivity index (χ1) is 13.1. The molecule has 27 heavy (non-hydrogen) atoms. The highest BCUT2D eigenvalue weighted by Crippen LogP contribution is 2.23. The lowest BCUT2D eigenvalue weighted by atomic mass is 10.1. The van der Waals surface area contributed by atoms with Gasteiger partial charge in [0.1, 0.15) is 17.3 Å². The van der Waals surface area contributed by atoms with Gasteiger partial charge in [0, 0.05) is 5.39 Å². The standard InChI is InChI=1S/C20H16N6O/c21-12-17(20(22)23)26-25-16-6-2-1-4-13(16)8-10-15-11-9-14-5-3-7-18(27)19(14)24-15/h1-11,25,27H,(H3,22,23)/b10-8?,26-17+. The molecule has 0 amide bonds. The van der Waals surface area contributed by atoms with Gasteiger partial charge in [-0.3, -0.25) is 10.8 Å². The first-order valence-electron chi connectivity index (χ1n) is 8.02. The van der Waals surface area contributed by atoms with Crippen LogP contribution in [0.15, 0.2) is 59.7 Å². The number of aromatic hydroxyl groups is 1. The number of hydrogen-bond donors (Lipinski definition) is 4. The molecule has 3 rings (SSSR count). The molecule has 0 bridgehead atoms. The Balaban J connectivity index is 1.89. The van der Waals surface area contributed by atoms with Crippen LogP contribution in [0.2, 0.25) is 0 Å². The van der Waals surface area contributed by atoms with Gasteiger partial charge in [0.15, 0.2) is 5.84 Å². The van der Waals surface area contributed by atoms with Crippen LogP contribution in [-0.4, -0.2) is 21.6 Å². The van der Waals surface area contributed by atoms with Crippen LogP contribution in [0.25, 0.3) is 23.1 Å². The number of phenols is 1. The van der Waals surface area contributed by atoms with Gasteiger partial charge in [0.05, 0.1) is 11.4 Å². The fraction of sp³-hybridized carbons (Fsp3) is 0. The minimum absolute atomic E-state index is 0.132. The summed E-state index contributed by atoms with van der Waals surface area (Å²) in [6.07, 6.45) is 3.65. The Hall–Kier alpha value is -4.18. The van der Waals surface area contributed by atoms with E-state index in [0.29, 0.717) is 16.9 Å². The largest absolute Gasteiger partial charge is 0.506 e. The minimum Gasteiger partial charge on any atom is -0.506 e. The Morgan fingerprint density at radius 1 is 1.15 bits per heavy atom. The molecule has 0 unspecified atom stereocenters. The lowest BCUT2D eigenvalue weighted by Crippen LogP contribution is -2.21. The fourth-order valence-electron chi connectivity index (χ4n) is 2.42. The molecule has 3 aromatic rings. The van der Waals surface area contributed by atoms with Gasteiger partial charge in [-0.2, -0.15) is 10.4 Å². The molecule has 0 saturated carbocycles. The van der Waals surface area contributed by atoms with Crippen LogP contribution >= 0.6 is 0 Å². The molecule has 7 heteroatoms. The van der Waals surface area contributed by atoms with E-state index in [1.54, 1.807) is 24.3 Å². The highest BCUT2D eigenvalue weighted by atomic mass is 16.3. The lowest BCUT2D eigenvalue weighted by Gasteiger charge is -2.06. The summed E-state index contributed by atoms with van der Waals surface area (Å²) in [5, 5.41) is 30.9. The zero-order valence-corrected chi connectivity index (χ0v) is 14.2. The van der Waals surface area contributed by atoms with Gasteiger partial charge in [-0.15, -0.1) is 0 Å². The number of amidine groups is 1. The number of hydrogen-bond acceptors (Lipinski definition) is 6. The molecular formula is C20H16N6O. The number of nitriles is 1. The summed E-state index contributed by atoms with van der Waals surface area (Å²) in [6.45, 7) is 0. The second kappa shape index (κ2) is 7.80. The highest BCUT2D eigenvalue weighted by molar-refractivity contribution is 6.45. The smallest absolute Gasteiger partial charge is 0.201 e. The van der Waals surface area contributed by atoms with Gasteiger partial charge in [0.25, 0.3) is 0 Å². The van der Waals surface area contributed by atoms with Gasteiger partial charge >= 0.3 is 0 Å². The number of nitrogens with two attached hydrogens (primary N) is 1. The van der Waals surface area contributed by atoms with Crippen LogP contribution in [-0.2, 0) is 0 Å². The summed E-state index contributed by atoms with van der Waals surface area (Å²) in [5.41, 5.74) is 10.5. The molecule has 0 saturated heterocycles. The molecule has 0 fully saturated rings. The van der Waals surface area contributed by atoms with E-state index in [-0.39, 0.29) is 11.5 Å². The summed E-state index contributed by atoms with van der Waals surface area (Å²) < 4.78 is 0. The minimum atomic E-state index is -0.404. The number of para-hydroxylation sites is 2. The van der Waals surface area contributed by atoms with Crippen molar-refractivity contribution in [3.63, 3.8) is 0 Å². The van der Waals surface area contributed by atoms with Crippen molar-refractivity contribution in [3.05, 3.63) is 65.9 Å². The predicted molar refractivity (Wildman–Crippen MR) is 107 cm³/mol. The van der Waals surface area contributed by atoms with Gasteiger partial charge in [-0.05, 0) is 29.8 Å². The predicted octanol–water partition coefficient (Wildman–Crippen LogP) is 3.34. The second-order valence-electron chi connectivity index (χ2n) is 5.60. The third kappa shape index (κ3) is 4.08. The monoisotopic (exact) mass is 356 g/mol. The van der Waals surface area contributed by atoms with Gasteiger partial charge < -0.3 is 10.8 Å². The molecule has 1 heterocycles. The van der Waals surface area contributed by atoms with E-state index in [1.807, 2.05) is 48.6 Å². The summed E-state index contributed by atoms with van der Waals surface area (Å²) in [4.78, 5) is 4.46. The number of aromatic nitrogens is 1. The highest BCUT2D eigenvalue weighted by Gasteiger charge is 2.04. The number of benzene rings is 2. The van der Waals surface area contributed by atoms with Crippen LogP contribution in [0.5, 0.6) is 5.75 Å². The Labute approximate surface area is 155 Å². The van der Waals surface area contributed by atoms with E-state index in [1.165, 1.54) is 0 Å². The maximum absolute atomic E-state index is 9.95.